The number of primary sulfonamides is 1. The molecule has 0 amide bonds. The van der Waals surface area contributed by atoms with Crippen LogP contribution in [0.2, 0.25) is 10.0 Å². The molecular formula is C12H11Cl2N3O2S. The number of nitrogen functional groups attached to an aromatic ring is 1. The number of halogens is 2. The summed E-state index contributed by atoms with van der Waals surface area (Å²) < 4.78 is 22.4. The predicted molar refractivity (Wildman–Crippen MR) is 82.0 cm³/mol. The fourth-order valence-corrected chi connectivity index (χ4v) is 2.41. The van der Waals surface area contributed by atoms with E-state index < -0.39 is 10.0 Å². The zero-order valence-electron chi connectivity index (χ0n) is 10.1. The molecule has 8 heteroatoms. The van der Waals surface area contributed by atoms with E-state index in [1.54, 1.807) is 18.2 Å². The van der Waals surface area contributed by atoms with E-state index in [1.165, 1.54) is 18.2 Å². The standard InChI is InChI=1S/C12H11Cl2N3O2S/c13-9-3-1-7(5-10(9)14)17-12-4-2-8(6-11(12)15)20(16,18)19/h1-6,17H,15H2,(H2,16,18,19). The minimum atomic E-state index is -3.77. The molecule has 0 fully saturated rings. The fourth-order valence-electron chi connectivity index (χ4n) is 1.56. The molecule has 20 heavy (non-hydrogen) atoms. The molecule has 0 saturated carbocycles. The molecule has 0 aliphatic rings. The SMILES string of the molecule is Nc1cc(S(N)(=O)=O)ccc1Nc1ccc(Cl)c(Cl)c1. The van der Waals surface area contributed by atoms with Crippen molar-refractivity contribution in [2.75, 3.05) is 11.1 Å². The molecule has 5 N–H and O–H groups in total. The van der Waals surface area contributed by atoms with Gasteiger partial charge in [-0.15, -0.1) is 0 Å². The van der Waals surface area contributed by atoms with Crippen LogP contribution < -0.4 is 16.2 Å². The van der Waals surface area contributed by atoms with Crippen LogP contribution in [0.1, 0.15) is 0 Å². The van der Waals surface area contributed by atoms with Crippen LogP contribution in [0.25, 0.3) is 0 Å². The summed E-state index contributed by atoms with van der Waals surface area (Å²) in [5.74, 6) is 0. The summed E-state index contributed by atoms with van der Waals surface area (Å²) in [6.07, 6.45) is 0. The number of rotatable bonds is 3. The van der Waals surface area contributed by atoms with Crippen molar-refractivity contribution >= 4 is 50.3 Å². The maximum absolute atomic E-state index is 11.2. The van der Waals surface area contributed by atoms with Gasteiger partial charge in [-0.05, 0) is 36.4 Å². The zero-order chi connectivity index (χ0) is 14.9. The van der Waals surface area contributed by atoms with Gasteiger partial charge in [-0.2, -0.15) is 0 Å². The topological polar surface area (TPSA) is 98.2 Å². The Labute approximate surface area is 126 Å². The first-order valence-electron chi connectivity index (χ1n) is 5.42. The van der Waals surface area contributed by atoms with E-state index in [2.05, 4.69) is 5.32 Å². The van der Waals surface area contributed by atoms with E-state index in [-0.39, 0.29) is 10.6 Å². The second-order valence-corrected chi connectivity index (χ2v) is 6.42. The van der Waals surface area contributed by atoms with E-state index in [0.717, 1.165) is 0 Å². The smallest absolute Gasteiger partial charge is 0.238 e. The second kappa shape index (κ2) is 5.49. The van der Waals surface area contributed by atoms with Crippen molar-refractivity contribution in [3.8, 4) is 0 Å². The Kier molecular flexibility index (Phi) is 4.10. The number of sulfonamides is 1. The maximum Gasteiger partial charge on any atom is 0.238 e. The second-order valence-electron chi connectivity index (χ2n) is 4.05. The normalized spacial score (nSPS) is 11.3. The Morgan fingerprint density at radius 3 is 2.25 bits per heavy atom. The lowest BCUT2D eigenvalue weighted by Crippen LogP contribution is -2.12. The lowest BCUT2D eigenvalue weighted by Gasteiger charge is -2.11. The Hall–Kier alpha value is -1.47. The van der Waals surface area contributed by atoms with Crippen molar-refractivity contribution in [3.05, 3.63) is 46.4 Å². The van der Waals surface area contributed by atoms with Crippen LogP contribution in [0, 0.1) is 0 Å². The van der Waals surface area contributed by atoms with Crippen LogP contribution in [-0.2, 0) is 10.0 Å². The van der Waals surface area contributed by atoms with Gasteiger partial charge in [0, 0.05) is 5.69 Å². The van der Waals surface area contributed by atoms with Crippen molar-refractivity contribution in [3.63, 3.8) is 0 Å². The van der Waals surface area contributed by atoms with Crippen LogP contribution >= 0.6 is 23.2 Å². The third kappa shape index (κ3) is 3.34. The molecule has 0 spiro atoms. The van der Waals surface area contributed by atoms with Crippen molar-refractivity contribution in [1.82, 2.24) is 0 Å². The highest BCUT2D eigenvalue weighted by Gasteiger charge is 2.10. The van der Waals surface area contributed by atoms with Crippen LogP contribution in [0.4, 0.5) is 17.1 Å². The number of benzene rings is 2. The summed E-state index contributed by atoms with van der Waals surface area (Å²) in [5, 5.41) is 8.88. The van der Waals surface area contributed by atoms with Crippen LogP contribution in [0.3, 0.4) is 0 Å². The largest absolute Gasteiger partial charge is 0.397 e. The highest BCUT2D eigenvalue weighted by Crippen LogP contribution is 2.29. The predicted octanol–water partition coefficient (Wildman–Crippen LogP) is 2.97. The number of anilines is 3. The molecule has 2 aromatic carbocycles. The molecule has 0 aliphatic heterocycles. The summed E-state index contributed by atoms with van der Waals surface area (Å²) in [4.78, 5) is -0.0466. The van der Waals surface area contributed by atoms with Gasteiger partial charge in [-0.1, -0.05) is 23.2 Å². The molecular weight excluding hydrogens is 321 g/mol. The number of hydrogen-bond donors (Lipinski definition) is 3. The monoisotopic (exact) mass is 331 g/mol. The highest BCUT2D eigenvalue weighted by atomic mass is 35.5. The fraction of sp³-hybridized carbons (Fsp3) is 0. The molecule has 2 aromatic rings. The summed E-state index contributed by atoms with van der Waals surface area (Å²) >= 11 is 11.7. The van der Waals surface area contributed by atoms with E-state index >= 15 is 0 Å². The van der Waals surface area contributed by atoms with Gasteiger partial charge in [0.2, 0.25) is 10.0 Å². The molecule has 2 rings (SSSR count). The number of nitrogens with two attached hydrogens (primary N) is 2. The van der Waals surface area contributed by atoms with E-state index in [9.17, 15) is 8.42 Å². The van der Waals surface area contributed by atoms with Gasteiger partial charge in [0.05, 0.1) is 26.3 Å². The van der Waals surface area contributed by atoms with Gasteiger partial charge in [0.1, 0.15) is 0 Å². The Balaban J connectivity index is 2.32. The molecule has 0 saturated heterocycles. The van der Waals surface area contributed by atoms with E-state index in [1.807, 2.05) is 0 Å². The summed E-state index contributed by atoms with van der Waals surface area (Å²) in [6, 6.07) is 9.18. The first-order chi connectivity index (χ1) is 9.27. The lowest BCUT2D eigenvalue weighted by atomic mass is 10.2. The molecule has 0 atom stereocenters. The Morgan fingerprint density at radius 1 is 1.00 bits per heavy atom. The van der Waals surface area contributed by atoms with Crippen LogP contribution in [0.5, 0.6) is 0 Å². The van der Waals surface area contributed by atoms with Gasteiger partial charge in [-0.3, -0.25) is 0 Å². The first-order valence-corrected chi connectivity index (χ1v) is 7.72. The van der Waals surface area contributed by atoms with Crippen molar-refractivity contribution in [2.24, 2.45) is 5.14 Å². The van der Waals surface area contributed by atoms with E-state index in [0.29, 0.717) is 21.4 Å². The first kappa shape index (κ1) is 14.9. The highest BCUT2D eigenvalue weighted by molar-refractivity contribution is 7.89. The van der Waals surface area contributed by atoms with Crippen LogP contribution in [0.15, 0.2) is 41.3 Å². The van der Waals surface area contributed by atoms with Gasteiger partial charge >= 0.3 is 0 Å². The van der Waals surface area contributed by atoms with E-state index in [4.69, 9.17) is 34.1 Å². The Morgan fingerprint density at radius 2 is 1.70 bits per heavy atom. The molecule has 106 valence electrons. The quantitative estimate of drug-likeness (QED) is 0.753. The maximum atomic E-state index is 11.2. The minimum Gasteiger partial charge on any atom is -0.397 e. The molecule has 0 aromatic heterocycles. The molecule has 0 aliphatic carbocycles. The summed E-state index contributed by atoms with van der Waals surface area (Å²) in [7, 11) is -3.77. The van der Waals surface area contributed by atoms with Gasteiger partial charge in [0.25, 0.3) is 0 Å². The van der Waals surface area contributed by atoms with Gasteiger partial charge in [-0.25, -0.2) is 13.6 Å². The van der Waals surface area contributed by atoms with Crippen LogP contribution in [-0.4, -0.2) is 8.42 Å². The lowest BCUT2D eigenvalue weighted by molar-refractivity contribution is 0.598. The molecule has 0 bridgehead atoms. The molecule has 5 nitrogen and oxygen atoms in total. The average Bonchev–Trinajstić information content (AvgIpc) is 2.35. The van der Waals surface area contributed by atoms with Gasteiger partial charge < -0.3 is 11.1 Å². The zero-order valence-corrected chi connectivity index (χ0v) is 12.4. The molecule has 0 unspecified atom stereocenters. The summed E-state index contributed by atoms with van der Waals surface area (Å²) in [6.45, 7) is 0. The third-order valence-corrected chi connectivity index (χ3v) is 4.20. The Bertz CT molecular complexity index is 763. The number of nitrogens with one attached hydrogen (secondary N) is 1. The molecule has 0 radical (unpaired) electrons. The van der Waals surface area contributed by atoms with Crippen molar-refractivity contribution in [2.45, 2.75) is 4.90 Å². The summed E-state index contributed by atoms with van der Waals surface area (Å²) in [5.41, 5.74) is 7.26. The number of hydrogen-bond acceptors (Lipinski definition) is 4. The van der Waals surface area contributed by atoms with Gasteiger partial charge in [0.15, 0.2) is 0 Å². The average molecular weight is 332 g/mol. The van der Waals surface area contributed by atoms with Crippen molar-refractivity contribution in [1.29, 1.82) is 0 Å². The molecule has 0 heterocycles. The third-order valence-electron chi connectivity index (χ3n) is 2.55. The minimum absolute atomic E-state index is 0.0466. The van der Waals surface area contributed by atoms with Crippen molar-refractivity contribution < 1.29 is 8.42 Å².